The second-order valence-corrected chi connectivity index (χ2v) is 25.3. The van der Waals surface area contributed by atoms with Crippen molar-refractivity contribution in [2.45, 2.75) is 162 Å². The highest BCUT2D eigenvalue weighted by Gasteiger charge is 2.21. The van der Waals surface area contributed by atoms with Crippen LogP contribution in [-0.4, -0.2) is 0 Å². The van der Waals surface area contributed by atoms with E-state index in [1.807, 2.05) is 105 Å². The molecule has 0 saturated carbocycles. The van der Waals surface area contributed by atoms with Crippen LogP contribution >= 0.6 is 0 Å². The molecule has 0 aliphatic carbocycles. The summed E-state index contributed by atoms with van der Waals surface area (Å²) in [5.74, 6) is 0. The van der Waals surface area contributed by atoms with Crippen LogP contribution in [0, 0.1) is 117 Å². The quantitative estimate of drug-likeness (QED) is 0.148. The van der Waals surface area contributed by atoms with Gasteiger partial charge in [0.15, 0.2) is 37.2 Å². The first-order valence-electron chi connectivity index (χ1n) is 37.1. The summed E-state index contributed by atoms with van der Waals surface area (Å²) in [7, 11) is 12.0. The predicted molar refractivity (Wildman–Crippen MR) is 439 cm³/mol. The third-order valence-electron chi connectivity index (χ3n) is 17.9. The zero-order valence-corrected chi connectivity index (χ0v) is 60.0. The van der Waals surface area contributed by atoms with E-state index in [-0.39, 0.29) is 44.6 Å². The Morgan fingerprint density at radius 1 is 0.218 bits per heavy atom. The van der Waals surface area contributed by atoms with Gasteiger partial charge in [-0.1, -0.05) is 154 Å². The van der Waals surface area contributed by atoms with Crippen LogP contribution in [0.1, 0.15) is 151 Å². The number of hydrogen-bond acceptors (Lipinski definition) is 0. The first-order valence-corrected chi connectivity index (χ1v) is 32.6. The van der Waals surface area contributed by atoms with Crippen LogP contribution in [0.15, 0.2) is 225 Å². The maximum atomic E-state index is 7.64. The van der Waals surface area contributed by atoms with E-state index < -0.39 is 20.6 Å². The van der Waals surface area contributed by atoms with Gasteiger partial charge in [-0.3, -0.25) is 0 Å². The van der Waals surface area contributed by atoms with Gasteiger partial charge in [0.25, 0.3) is 0 Å². The molecule has 6 aromatic heterocycles. The number of nitrogens with zero attached hydrogens (tertiary/aromatic N) is 6. The number of aromatic nitrogens is 6. The van der Waals surface area contributed by atoms with Crippen molar-refractivity contribution >= 4 is 0 Å². The fourth-order valence-electron chi connectivity index (χ4n) is 12.1. The Morgan fingerprint density at radius 3 is 0.990 bits per heavy atom. The number of pyridine rings is 6. The van der Waals surface area contributed by atoms with E-state index in [9.17, 15) is 0 Å². The highest BCUT2D eigenvalue weighted by molar-refractivity contribution is 5.68. The highest BCUT2D eigenvalue weighted by atomic mass is 14.9. The molecule has 0 fully saturated rings. The second kappa shape index (κ2) is 41.1. The Labute approximate surface area is 628 Å². The Bertz CT molecular complexity index is 4960. The van der Waals surface area contributed by atoms with E-state index in [1.54, 1.807) is 24.7 Å². The third kappa shape index (κ3) is 22.6. The fraction of sp³-hybridized carbons (Fsp3) is 0.305. The van der Waals surface area contributed by atoms with Crippen molar-refractivity contribution in [1.82, 2.24) is 0 Å². The van der Waals surface area contributed by atoms with E-state index in [4.69, 9.17) is 12.3 Å². The number of benzene rings is 6. The molecule has 0 amide bonds. The minimum Gasteiger partial charge on any atom is -0.201 e. The lowest BCUT2D eigenvalue weighted by molar-refractivity contribution is -0.661. The van der Waals surface area contributed by atoms with Crippen LogP contribution < -0.4 is 27.4 Å². The summed E-state index contributed by atoms with van der Waals surface area (Å²) < 4.78 is 80.3. The number of rotatable bonds is 6. The Balaban J connectivity index is 0.000000655. The SMILES string of the molecule is C.C.C.C.C.C.Cc1cc[n+](C)c(-c2ccccc2C)c1.Cc1ccccc1-c1c(C)c(C)cc[n+]1C.Cc1ccccc1-c1c(C)ccc[n+]1C.[2H]C([2H])([2H])c1c[n+](C)c(-c2ccccc2C)c(C)c1C.[2H]C([2H])([2H])c1c[n+](C)c(-c2ccccc2C)cc1C.[2H]C([2H])([2H])c1cc(C)c(-c2ccccc2C)[n+](C)c1. The molecule has 6 heteroatoms. The molecule has 0 unspecified atom stereocenters. The van der Waals surface area contributed by atoms with Gasteiger partial charge in [0.1, 0.15) is 42.3 Å². The normalized spacial score (nSPS) is 11.5. The van der Waals surface area contributed by atoms with Gasteiger partial charge in [-0.2, -0.15) is 0 Å². The smallest absolute Gasteiger partial charge is 0.201 e. The van der Waals surface area contributed by atoms with E-state index in [0.29, 0.717) is 16.7 Å². The second-order valence-electron chi connectivity index (χ2n) is 25.3. The minimum absolute atomic E-state index is 0. The van der Waals surface area contributed by atoms with Gasteiger partial charge in [-0.25, -0.2) is 27.4 Å². The first kappa shape index (κ1) is 73.9. The molecule has 6 heterocycles. The van der Waals surface area contributed by atoms with Crippen molar-refractivity contribution in [3.05, 3.63) is 320 Å². The van der Waals surface area contributed by atoms with Gasteiger partial charge in [0.05, 0.1) is 0 Å². The summed E-state index contributed by atoms with van der Waals surface area (Å²) >= 11 is 0. The van der Waals surface area contributed by atoms with Crippen LogP contribution in [0.4, 0.5) is 0 Å². The molecule has 101 heavy (non-hydrogen) atoms. The van der Waals surface area contributed by atoms with Gasteiger partial charge in [0, 0.05) is 115 Å². The van der Waals surface area contributed by atoms with Gasteiger partial charge in [-0.15, -0.1) is 0 Å². The maximum absolute atomic E-state index is 7.64. The zero-order valence-electron chi connectivity index (χ0n) is 69.0. The van der Waals surface area contributed by atoms with Gasteiger partial charge in [-0.05, 0) is 222 Å². The van der Waals surface area contributed by atoms with Crippen LogP contribution in [0.5, 0.6) is 0 Å². The molecule has 12 rings (SSSR count). The summed E-state index contributed by atoms with van der Waals surface area (Å²) in [6.07, 6.45) is 11.5. The molecule has 6 nitrogen and oxygen atoms in total. The van der Waals surface area contributed by atoms with E-state index in [0.717, 1.165) is 56.0 Å². The van der Waals surface area contributed by atoms with Crippen molar-refractivity contribution in [1.29, 1.82) is 0 Å². The van der Waals surface area contributed by atoms with E-state index in [2.05, 4.69) is 262 Å². The van der Waals surface area contributed by atoms with Crippen molar-refractivity contribution in [2.24, 2.45) is 42.3 Å². The minimum atomic E-state index is -2.07. The lowest BCUT2D eigenvalue weighted by Gasteiger charge is -2.10. The molecule has 0 bridgehead atoms. The lowest BCUT2D eigenvalue weighted by atomic mass is 9.97. The summed E-state index contributed by atoms with van der Waals surface area (Å²) in [6, 6.07) is 64.4. The molecule has 6 aromatic carbocycles. The van der Waals surface area contributed by atoms with Crippen LogP contribution in [0.25, 0.3) is 67.5 Å². The van der Waals surface area contributed by atoms with Crippen molar-refractivity contribution < 1.29 is 39.7 Å². The molecule has 534 valence electrons. The standard InChI is InChI=1S/C16H20N.3C15H18N.2C14H16N.6CH4/c1-11-8-6-7-9-15(11)16-14(4)13(3)12(2)10-17(16)5;1-11-9-13(3)15(16(4)10-11)14-8-6-5-7-12(14)2;1-11-7-5-6-8-14(11)15-9-12(2)13(3)10-16(15)4;1-11-9-10-16(4)15(13(11)3)14-8-6-5-7-12(14)2;1-11-7-4-5-9-13(11)14-12(2)8-6-10-15(14)3;1-11-8-9-15(3)14(10-11)13-7-5-4-6-12(13)2;;;;;;/h6-10H,1-5H3;3*5-10H,1-4H3;2*4-10H,1-3H3;6*1H4/q6*+1;;;;;;/i2D3;1D3;3D3;;;;;;;;;. The van der Waals surface area contributed by atoms with Gasteiger partial charge in [0.2, 0.25) is 34.2 Å². The zero-order chi connectivity index (χ0) is 76.9. The molecule has 12 aromatic rings. The summed E-state index contributed by atoms with van der Waals surface area (Å²) in [4.78, 5) is 0. The predicted octanol–water partition coefficient (Wildman–Crippen LogP) is 22.1. The van der Waals surface area contributed by atoms with E-state index >= 15 is 0 Å². The van der Waals surface area contributed by atoms with Crippen LogP contribution in [-0.2, 0) is 42.3 Å². The average Bonchev–Trinajstić information content (AvgIpc) is 0.780. The Morgan fingerprint density at radius 2 is 0.574 bits per heavy atom. The fourth-order valence-corrected chi connectivity index (χ4v) is 12.1. The van der Waals surface area contributed by atoms with Crippen LogP contribution in [0.3, 0.4) is 0 Å². The molecule has 0 saturated heterocycles. The molecule has 0 atom stereocenters. The first-order chi connectivity index (χ1) is 48.8. The number of aryl methyl sites for hydroxylation is 20. The third-order valence-corrected chi connectivity index (χ3v) is 17.9. The molecule has 0 radical (unpaired) electrons. The summed E-state index contributed by atoms with van der Waals surface area (Å²) in [6.45, 7) is 22.8. The molecular weight excluding hydrogens is 1230 g/mol. The highest BCUT2D eigenvalue weighted by Crippen LogP contribution is 2.29. The Hall–Kier alpha value is -9.78. The van der Waals surface area contributed by atoms with Crippen molar-refractivity contribution in [2.75, 3.05) is 0 Å². The summed E-state index contributed by atoms with van der Waals surface area (Å²) in [5.41, 5.74) is 32.1. The van der Waals surface area contributed by atoms with Gasteiger partial charge >= 0.3 is 0 Å². The number of hydrogen-bond donors (Lipinski definition) is 0. The maximum Gasteiger partial charge on any atom is 0.215 e. The average molecular weight is 1370 g/mol. The molecule has 0 aliphatic rings. The lowest BCUT2D eigenvalue weighted by Crippen LogP contribution is -2.33. The van der Waals surface area contributed by atoms with Crippen molar-refractivity contribution in [3.63, 3.8) is 0 Å². The monoisotopic (exact) mass is 1360 g/mol. The topological polar surface area (TPSA) is 23.3 Å². The summed E-state index contributed by atoms with van der Waals surface area (Å²) in [5, 5.41) is 0. The molecule has 0 spiro atoms. The van der Waals surface area contributed by atoms with E-state index in [1.165, 1.54) is 89.4 Å². The largest absolute Gasteiger partial charge is 0.215 e. The van der Waals surface area contributed by atoms with Gasteiger partial charge < -0.3 is 0 Å². The molecule has 0 aliphatic heterocycles. The Kier molecular flexibility index (Phi) is 30.1. The molecular formula is C95H130N6+6. The van der Waals surface area contributed by atoms with Crippen molar-refractivity contribution in [3.8, 4) is 67.5 Å². The van der Waals surface area contributed by atoms with Crippen LogP contribution in [0.2, 0.25) is 0 Å². The molecule has 0 N–H and O–H groups in total.